The molecule has 0 saturated carbocycles. The van der Waals surface area contributed by atoms with E-state index in [0.29, 0.717) is 31.2 Å². The number of carbonyl (C=O) groups excluding carboxylic acids is 2. The van der Waals surface area contributed by atoms with Crippen LogP contribution < -0.4 is 15.6 Å². The number of halogens is 1. The van der Waals surface area contributed by atoms with Gasteiger partial charge in [-0.05, 0) is 58.9 Å². The standard InChI is InChI=1S/C24H31ClN4O3/c1-16(2)29-14-19(22(31)26-24(3,4)5)21(30)20(15-29)23(32)28-12-10-27(11-13-28)18-8-6-17(25)7-9-18/h6-9,14-16H,10-13H2,1-5H3,(H,26,31). The summed E-state index contributed by atoms with van der Waals surface area (Å²) in [6, 6.07) is 7.59. The van der Waals surface area contributed by atoms with E-state index in [0.717, 1.165) is 5.69 Å². The van der Waals surface area contributed by atoms with Crippen molar-refractivity contribution in [3.8, 4) is 0 Å². The van der Waals surface area contributed by atoms with Crippen LogP contribution in [0.5, 0.6) is 0 Å². The molecule has 7 nitrogen and oxygen atoms in total. The minimum absolute atomic E-state index is 0.00918. The number of nitrogens with zero attached hydrogens (tertiary/aromatic N) is 3. The first-order valence-corrected chi connectivity index (χ1v) is 11.2. The quantitative estimate of drug-likeness (QED) is 0.760. The van der Waals surface area contributed by atoms with Gasteiger partial charge in [-0.2, -0.15) is 0 Å². The molecule has 1 saturated heterocycles. The van der Waals surface area contributed by atoms with Gasteiger partial charge in [0.25, 0.3) is 11.8 Å². The predicted octanol–water partition coefficient (Wildman–Crippen LogP) is 3.57. The number of hydrogen-bond acceptors (Lipinski definition) is 4. The molecule has 0 spiro atoms. The second-order valence-corrected chi connectivity index (χ2v) is 9.85. The van der Waals surface area contributed by atoms with Crippen LogP contribution in [0.2, 0.25) is 5.02 Å². The molecule has 0 aliphatic carbocycles. The van der Waals surface area contributed by atoms with Crippen molar-refractivity contribution in [3.05, 3.63) is 63.0 Å². The largest absolute Gasteiger partial charge is 0.368 e. The van der Waals surface area contributed by atoms with Crippen LogP contribution in [-0.2, 0) is 0 Å². The van der Waals surface area contributed by atoms with Crippen LogP contribution in [-0.4, -0.2) is 53.0 Å². The van der Waals surface area contributed by atoms with Crippen molar-refractivity contribution in [1.29, 1.82) is 0 Å². The fourth-order valence-electron chi connectivity index (χ4n) is 3.61. The fourth-order valence-corrected chi connectivity index (χ4v) is 3.73. The maximum atomic E-state index is 13.3. The highest BCUT2D eigenvalue weighted by Gasteiger charge is 2.27. The average molecular weight is 459 g/mol. The molecule has 1 aliphatic heterocycles. The molecule has 0 radical (unpaired) electrons. The van der Waals surface area contributed by atoms with Crippen molar-refractivity contribution in [2.75, 3.05) is 31.1 Å². The van der Waals surface area contributed by atoms with Crippen LogP contribution in [0, 0.1) is 0 Å². The van der Waals surface area contributed by atoms with E-state index in [4.69, 9.17) is 11.6 Å². The van der Waals surface area contributed by atoms with E-state index < -0.39 is 16.9 Å². The van der Waals surface area contributed by atoms with Crippen molar-refractivity contribution >= 4 is 29.1 Å². The molecule has 1 aromatic heterocycles. The van der Waals surface area contributed by atoms with E-state index >= 15 is 0 Å². The van der Waals surface area contributed by atoms with E-state index in [2.05, 4.69) is 10.2 Å². The van der Waals surface area contributed by atoms with Gasteiger partial charge in [-0.15, -0.1) is 0 Å². The Balaban J connectivity index is 1.83. The molecule has 0 atom stereocenters. The summed E-state index contributed by atoms with van der Waals surface area (Å²) in [5, 5.41) is 3.50. The van der Waals surface area contributed by atoms with Gasteiger partial charge >= 0.3 is 0 Å². The summed E-state index contributed by atoms with van der Waals surface area (Å²) in [4.78, 5) is 43.0. The molecule has 32 heavy (non-hydrogen) atoms. The van der Waals surface area contributed by atoms with Crippen molar-refractivity contribution in [3.63, 3.8) is 0 Å². The molecule has 2 aromatic rings. The monoisotopic (exact) mass is 458 g/mol. The van der Waals surface area contributed by atoms with Gasteiger partial charge in [-0.1, -0.05) is 11.6 Å². The maximum absolute atomic E-state index is 13.3. The van der Waals surface area contributed by atoms with Crippen molar-refractivity contribution in [2.24, 2.45) is 0 Å². The Bertz CT molecular complexity index is 1050. The lowest BCUT2D eigenvalue weighted by atomic mass is 10.1. The fraction of sp³-hybridized carbons (Fsp3) is 0.458. The minimum Gasteiger partial charge on any atom is -0.368 e. The highest BCUT2D eigenvalue weighted by molar-refractivity contribution is 6.30. The van der Waals surface area contributed by atoms with Gasteiger partial charge < -0.3 is 19.7 Å². The topological polar surface area (TPSA) is 74.6 Å². The molecule has 172 valence electrons. The number of pyridine rings is 1. The summed E-state index contributed by atoms with van der Waals surface area (Å²) >= 11 is 5.97. The predicted molar refractivity (Wildman–Crippen MR) is 128 cm³/mol. The lowest BCUT2D eigenvalue weighted by Crippen LogP contribution is -2.50. The van der Waals surface area contributed by atoms with Crippen LogP contribution in [0.4, 0.5) is 5.69 Å². The molecule has 1 aromatic carbocycles. The number of carbonyl (C=O) groups is 2. The number of rotatable bonds is 4. The summed E-state index contributed by atoms with van der Waals surface area (Å²) in [6.45, 7) is 11.7. The van der Waals surface area contributed by atoms with E-state index in [1.807, 2.05) is 58.9 Å². The number of piperazine rings is 1. The highest BCUT2D eigenvalue weighted by Crippen LogP contribution is 2.20. The van der Waals surface area contributed by atoms with Gasteiger partial charge in [-0.25, -0.2) is 0 Å². The Kier molecular flexibility index (Phi) is 6.98. The van der Waals surface area contributed by atoms with Crippen molar-refractivity contribution < 1.29 is 9.59 Å². The van der Waals surface area contributed by atoms with E-state index in [1.165, 1.54) is 6.20 Å². The molecule has 3 rings (SSSR count). The third kappa shape index (κ3) is 5.51. The van der Waals surface area contributed by atoms with Crippen LogP contribution in [0.3, 0.4) is 0 Å². The number of anilines is 1. The normalized spacial score (nSPS) is 14.6. The molecule has 2 heterocycles. The van der Waals surface area contributed by atoms with Crippen molar-refractivity contribution in [1.82, 2.24) is 14.8 Å². The summed E-state index contributed by atoms with van der Waals surface area (Å²) in [7, 11) is 0. The number of nitrogens with one attached hydrogen (secondary N) is 1. The van der Waals surface area contributed by atoms with Gasteiger partial charge in [-0.3, -0.25) is 14.4 Å². The van der Waals surface area contributed by atoms with Crippen LogP contribution in [0.15, 0.2) is 41.5 Å². The van der Waals surface area contributed by atoms with Gasteiger partial charge in [0.05, 0.1) is 0 Å². The third-order valence-electron chi connectivity index (χ3n) is 5.36. The molecule has 0 unspecified atom stereocenters. The first-order valence-electron chi connectivity index (χ1n) is 10.8. The second-order valence-electron chi connectivity index (χ2n) is 9.42. The molecule has 1 fully saturated rings. The Morgan fingerprint density at radius 2 is 1.53 bits per heavy atom. The van der Waals surface area contributed by atoms with Crippen molar-refractivity contribution in [2.45, 2.75) is 46.2 Å². The lowest BCUT2D eigenvalue weighted by Gasteiger charge is -2.36. The molecule has 2 amide bonds. The molecule has 8 heteroatoms. The average Bonchev–Trinajstić information content (AvgIpc) is 2.72. The van der Waals surface area contributed by atoms with Gasteiger partial charge in [0.15, 0.2) is 0 Å². The Morgan fingerprint density at radius 3 is 2.06 bits per heavy atom. The SMILES string of the molecule is CC(C)n1cc(C(=O)NC(C)(C)C)c(=O)c(C(=O)N2CCN(c3ccc(Cl)cc3)CC2)c1. The van der Waals surface area contributed by atoms with Crippen LogP contribution in [0.1, 0.15) is 61.4 Å². The zero-order valence-electron chi connectivity index (χ0n) is 19.3. The van der Waals surface area contributed by atoms with Gasteiger partial charge in [0.2, 0.25) is 5.43 Å². The number of hydrogen-bond donors (Lipinski definition) is 1. The first-order chi connectivity index (χ1) is 15.0. The minimum atomic E-state index is -0.534. The lowest BCUT2D eigenvalue weighted by molar-refractivity contribution is 0.0744. The molecule has 0 bridgehead atoms. The molecular formula is C24H31ClN4O3. The zero-order chi connectivity index (χ0) is 23.6. The second kappa shape index (κ2) is 9.36. The van der Waals surface area contributed by atoms with Crippen LogP contribution in [0.25, 0.3) is 0 Å². The molecule has 1 N–H and O–H groups in total. The van der Waals surface area contributed by atoms with E-state index in [9.17, 15) is 14.4 Å². The number of benzene rings is 1. The Labute approximate surface area is 194 Å². The third-order valence-corrected chi connectivity index (χ3v) is 5.62. The van der Waals surface area contributed by atoms with E-state index in [-0.39, 0.29) is 23.1 Å². The summed E-state index contributed by atoms with van der Waals surface area (Å²) in [5.74, 6) is -0.815. The summed E-state index contributed by atoms with van der Waals surface area (Å²) < 4.78 is 1.75. The maximum Gasteiger partial charge on any atom is 0.259 e. The highest BCUT2D eigenvalue weighted by atomic mass is 35.5. The Hall–Kier alpha value is -2.80. The number of amides is 2. The van der Waals surface area contributed by atoms with Gasteiger partial charge in [0, 0.05) is 60.9 Å². The Morgan fingerprint density at radius 1 is 0.969 bits per heavy atom. The zero-order valence-corrected chi connectivity index (χ0v) is 20.1. The molecular weight excluding hydrogens is 428 g/mol. The first kappa shape index (κ1) is 23.9. The van der Waals surface area contributed by atoms with Crippen LogP contribution >= 0.6 is 11.6 Å². The smallest absolute Gasteiger partial charge is 0.259 e. The summed E-state index contributed by atoms with van der Waals surface area (Å²) in [5.41, 5.74) is 0.0299. The number of aromatic nitrogens is 1. The summed E-state index contributed by atoms with van der Waals surface area (Å²) in [6.07, 6.45) is 3.10. The van der Waals surface area contributed by atoms with E-state index in [1.54, 1.807) is 15.7 Å². The molecule has 1 aliphatic rings. The van der Waals surface area contributed by atoms with Gasteiger partial charge in [0.1, 0.15) is 11.1 Å².